The number of aromatic nitrogens is 4. The number of hydrogen-bond donors (Lipinski definition) is 0. The molecule has 3 aromatic heterocycles. The third-order valence-electron chi connectivity index (χ3n) is 6.00. The lowest BCUT2D eigenvalue weighted by Gasteiger charge is -2.24. The molecule has 1 unspecified atom stereocenters. The van der Waals surface area contributed by atoms with Crippen LogP contribution in [0, 0.1) is 13.8 Å². The molecule has 1 fully saturated rings. The number of amides is 1. The van der Waals surface area contributed by atoms with Crippen LogP contribution in [0.25, 0.3) is 16.9 Å². The molecule has 0 bridgehead atoms. The van der Waals surface area contributed by atoms with E-state index in [1.165, 1.54) is 0 Å². The van der Waals surface area contributed by atoms with Gasteiger partial charge >= 0.3 is 6.18 Å². The Morgan fingerprint density at radius 3 is 2.61 bits per heavy atom. The van der Waals surface area contributed by atoms with Crippen LogP contribution < -0.4 is 0 Å². The van der Waals surface area contributed by atoms with E-state index in [-0.39, 0.29) is 22.9 Å². The summed E-state index contributed by atoms with van der Waals surface area (Å²) in [6, 6.07) is 9.23. The maximum atomic E-state index is 13.9. The number of carbonyl (C=O) groups excluding carboxylic acids is 1. The molecule has 0 N–H and O–H groups in total. The number of aryl methyl sites for hydroxylation is 2. The van der Waals surface area contributed by atoms with E-state index in [9.17, 15) is 18.0 Å². The van der Waals surface area contributed by atoms with Gasteiger partial charge in [0.05, 0.1) is 23.6 Å². The Balaban J connectivity index is 1.63. The third-order valence-corrected chi connectivity index (χ3v) is 6.00. The van der Waals surface area contributed by atoms with Crippen LogP contribution in [0.4, 0.5) is 13.2 Å². The van der Waals surface area contributed by atoms with Gasteiger partial charge in [-0.1, -0.05) is 35.5 Å². The highest BCUT2D eigenvalue weighted by molar-refractivity contribution is 6.00. The van der Waals surface area contributed by atoms with Gasteiger partial charge in [-0.15, -0.1) is 0 Å². The maximum Gasteiger partial charge on any atom is 0.433 e. The topological polar surface area (TPSA) is 76.5 Å². The number of likely N-dealkylation sites (tertiary alicyclic amines) is 1. The average molecular weight is 455 g/mol. The number of hydrogen-bond acceptors (Lipinski definition) is 5. The highest BCUT2D eigenvalue weighted by Crippen LogP contribution is 2.38. The Kier molecular flexibility index (Phi) is 4.95. The molecule has 1 aliphatic heterocycles. The van der Waals surface area contributed by atoms with Crippen molar-refractivity contribution >= 4 is 11.6 Å². The fourth-order valence-electron chi connectivity index (χ4n) is 4.50. The predicted molar refractivity (Wildman–Crippen MR) is 112 cm³/mol. The van der Waals surface area contributed by atoms with Gasteiger partial charge in [0.15, 0.2) is 11.3 Å². The fraction of sp³-hybridized carbons (Fsp3) is 0.304. The maximum absolute atomic E-state index is 13.9. The molecule has 1 atom stereocenters. The summed E-state index contributed by atoms with van der Waals surface area (Å²) in [6.07, 6.45) is -2.04. The number of alkyl halides is 3. The Morgan fingerprint density at radius 1 is 1.18 bits per heavy atom. The highest BCUT2D eigenvalue weighted by Gasteiger charge is 2.38. The molecule has 0 saturated carbocycles. The number of fused-ring (bicyclic) bond motifs is 1. The van der Waals surface area contributed by atoms with E-state index in [1.54, 1.807) is 42.2 Å². The number of nitrogens with zero attached hydrogens (tertiary/aromatic N) is 5. The molecule has 170 valence electrons. The van der Waals surface area contributed by atoms with Crippen molar-refractivity contribution in [3.63, 3.8) is 0 Å². The van der Waals surface area contributed by atoms with Crippen LogP contribution in [0.5, 0.6) is 0 Å². The Labute approximate surface area is 186 Å². The predicted octanol–water partition coefficient (Wildman–Crippen LogP) is 5.00. The number of halogens is 3. The molecule has 7 nitrogen and oxygen atoms in total. The van der Waals surface area contributed by atoms with Crippen LogP contribution in [-0.2, 0) is 6.18 Å². The summed E-state index contributed by atoms with van der Waals surface area (Å²) >= 11 is 0. The van der Waals surface area contributed by atoms with Gasteiger partial charge in [0.1, 0.15) is 11.3 Å². The molecule has 10 heteroatoms. The zero-order valence-corrected chi connectivity index (χ0v) is 17.9. The van der Waals surface area contributed by atoms with Crippen molar-refractivity contribution in [2.45, 2.75) is 38.9 Å². The molecule has 1 saturated heterocycles. The van der Waals surface area contributed by atoms with Crippen LogP contribution in [-0.4, -0.2) is 37.1 Å². The minimum atomic E-state index is -4.68. The number of rotatable bonds is 3. The van der Waals surface area contributed by atoms with E-state index < -0.39 is 17.8 Å². The van der Waals surface area contributed by atoms with E-state index in [4.69, 9.17) is 4.52 Å². The van der Waals surface area contributed by atoms with Crippen molar-refractivity contribution in [3.05, 3.63) is 70.9 Å². The molecular weight excluding hydrogens is 435 g/mol. The smallest absolute Gasteiger partial charge is 0.361 e. The molecule has 33 heavy (non-hydrogen) atoms. The van der Waals surface area contributed by atoms with E-state index in [0.717, 1.165) is 24.2 Å². The van der Waals surface area contributed by atoms with Gasteiger partial charge < -0.3 is 9.42 Å². The summed E-state index contributed by atoms with van der Waals surface area (Å²) in [5.41, 5.74) is 1.07. The lowest BCUT2D eigenvalue weighted by atomic mass is 10.0. The van der Waals surface area contributed by atoms with E-state index in [1.807, 2.05) is 6.92 Å². The Bertz CT molecular complexity index is 1320. The second-order valence-corrected chi connectivity index (χ2v) is 8.08. The summed E-state index contributed by atoms with van der Waals surface area (Å²) in [6.45, 7) is 4.07. The SMILES string of the molecule is Cc1noc(C)c1C1CCCN1C(=O)c1cnn2c(C(F)(F)F)cc(-c3ccccc3)nc12. The minimum Gasteiger partial charge on any atom is -0.361 e. The van der Waals surface area contributed by atoms with Gasteiger partial charge in [-0.2, -0.15) is 18.3 Å². The average Bonchev–Trinajstić information content (AvgIpc) is 3.51. The Morgan fingerprint density at radius 2 is 1.94 bits per heavy atom. The summed E-state index contributed by atoms with van der Waals surface area (Å²) < 4.78 is 47.5. The summed E-state index contributed by atoms with van der Waals surface area (Å²) in [4.78, 5) is 19.6. The quantitative estimate of drug-likeness (QED) is 0.435. The molecule has 1 amide bonds. The van der Waals surface area contributed by atoms with Crippen LogP contribution in [0.15, 0.2) is 47.1 Å². The molecule has 4 heterocycles. The largest absolute Gasteiger partial charge is 0.433 e. The normalized spacial score (nSPS) is 16.6. The third kappa shape index (κ3) is 3.55. The van der Waals surface area contributed by atoms with Gasteiger partial charge in [0.25, 0.3) is 5.91 Å². The molecule has 1 aliphatic rings. The zero-order chi connectivity index (χ0) is 23.3. The van der Waals surface area contributed by atoms with E-state index in [0.29, 0.717) is 34.5 Å². The van der Waals surface area contributed by atoms with Gasteiger partial charge in [-0.25, -0.2) is 9.50 Å². The monoisotopic (exact) mass is 455 g/mol. The lowest BCUT2D eigenvalue weighted by molar-refractivity contribution is -0.142. The molecule has 5 rings (SSSR count). The van der Waals surface area contributed by atoms with Gasteiger partial charge in [0.2, 0.25) is 0 Å². The van der Waals surface area contributed by atoms with Crippen molar-refractivity contribution in [3.8, 4) is 11.3 Å². The van der Waals surface area contributed by atoms with Crippen LogP contribution in [0.1, 0.15) is 52.0 Å². The first-order valence-electron chi connectivity index (χ1n) is 10.5. The first kappa shape index (κ1) is 21.2. The molecular formula is C23H20F3N5O2. The van der Waals surface area contributed by atoms with Crippen LogP contribution >= 0.6 is 0 Å². The summed E-state index contributed by atoms with van der Waals surface area (Å²) in [7, 11) is 0. The highest BCUT2D eigenvalue weighted by atomic mass is 19.4. The molecule has 4 aromatic rings. The van der Waals surface area contributed by atoms with E-state index >= 15 is 0 Å². The second kappa shape index (κ2) is 7.72. The fourth-order valence-corrected chi connectivity index (χ4v) is 4.50. The zero-order valence-electron chi connectivity index (χ0n) is 17.9. The number of carbonyl (C=O) groups is 1. The van der Waals surface area contributed by atoms with Crippen molar-refractivity contribution in [1.29, 1.82) is 0 Å². The standard InChI is InChI=1S/C23H20F3N5O2/c1-13-20(14(2)33-29-13)18-9-6-10-30(18)22(32)16-12-27-31-19(23(24,25)26)11-17(28-21(16)31)15-7-4-3-5-8-15/h3-5,7-8,11-12,18H,6,9-10H2,1-2H3. The molecule has 1 aromatic carbocycles. The summed E-state index contributed by atoms with van der Waals surface area (Å²) in [5.74, 6) is 0.208. The van der Waals surface area contributed by atoms with Crippen molar-refractivity contribution in [1.82, 2.24) is 24.7 Å². The van der Waals surface area contributed by atoms with Crippen LogP contribution in [0.2, 0.25) is 0 Å². The van der Waals surface area contributed by atoms with Gasteiger partial charge in [-0.05, 0) is 32.8 Å². The Hall–Kier alpha value is -3.69. The first-order chi connectivity index (χ1) is 15.8. The minimum absolute atomic E-state index is 0.0249. The van der Waals surface area contributed by atoms with Crippen molar-refractivity contribution in [2.24, 2.45) is 0 Å². The van der Waals surface area contributed by atoms with Crippen molar-refractivity contribution < 1.29 is 22.5 Å². The molecule has 0 radical (unpaired) electrons. The lowest BCUT2D eigenvalue weighted by Crippen LogP contribution is -2.31. The second-order valence-electron chi connectivity index (χ2n) is 8.08. The van der Waals surface area contributed by atoms with Crippen LogP contribution in [0.3, 0.4) is 0 Å². The number of benzene rings is 1. The van der Waals surface area contributed by atoms with Crippen molar-refractivity contribution in [2.75, 3.05) is 6.54 Å². The molecule has 0 spiro atoms. The summed E-state index contributed by atoms with van der Waals surface area (Å²) in [5, 5.41) is 7.88. The van der Waals surface area contributed by atoms with Gasteiger partial charge in [-0.3, -0.25) is 4.79 Å². The first-order valence-corrected chi connectivity index (χ1v) is 10.5. The van der Waals surface area contributed by atoms with E-state index in [2.05, 4.69) is 15.2 Å². The molecule has 0 aliphatic carbocycles. The van der Waals surface area contributed by atoms with Gasteiger partial charge in [0, 0.05) is 17.7 Å².